The number of aromatic nitrogens is 2. The fourth-order valence-corrected chi connectivity index (χ4v) is 3.12. The van der Waals surface area contributed by atoms with Crippen LogP contribution >= 0.6 is 0 Å². The lowest BCUT2D eigenvalue weighted by atomic mass is 10.1. The standard InChI is InChI=1S/C21H23F4N3O4/c1-20(2,3)32-19(29)28-8-7-13-15(10-28)26-17(11-30-4)27-18(13)31-16-6-5-12(22)9-14(16)21(23,24)25/h5-6,9H,7-8,10-11H2,1-4H3. The highest BCUT2D eigenvalue weighted by atomic mass is 19.4. The molecule has 1 aromatic heterocycles. The van der Waals surface area contributed by atoms with Crippen molar-refractivity contribution in [3.8, 4) is 11.6 Å². The number of amides is 1. The summed E-state index contributed by atoms with van der Waals surface area (Å²) in [6, 6.07) is 2.14. The molecule has 0 N–H and O–H groups in total. The van der Waals surface area contributed by atoms with Crippen LogP contribution in [0.4, 0.5) is 22.4 Å². The number of alkyl halides is 3. The number of fused-ring (bicyclic) bond motifs is 1. The van der Waals surface area contributed by atoms with E-state index in [2.05, 4.69) is 9.97 Å². The minimum Gasteiger partial charge on any atom is -0.444 e. The Hall–Kier alpha value is -2.95. The fourth-order valence-electron chi connectivity index (χ4n) is 3.12. The Labute approximate surface area is 182 Å². The van der Waals surface area contributed by atoms with Gasteiger partial charge in [0.2, 0.25) is 5.88 Å². The van der Waals surface area contributed by atoms with Crippen molar-refractivity contribution in [2.45, 2.75) is 52.1 Å². The van der Waals surface area contributed by atoms with E-state index in [-0.39, 0.29) is 37.8 Å². The van der Waals surface area contributed by atoms with Crippen LogP contribution in [0.3, 0.4) is 0 Å². The molecule has 1 aliphatic heterocycles. The molecule has 2 aromatic rings. The SMILES string of the molecule is COCc1nc2c(c(Oc3ccc(F)cc3C(F)(F)F)n1)CCN(C(=O)OC(C)(C)C)C2. The minimum atomic E-state index is -4.83. The lowest BCUT2D eigenvalue weighted by Crippen LogP contribution is -2.40. The van der Waals surface area contributed by atoms with E-state index in [1.807, 2.05) is 0 Å². The van der Waals surface area contributed by atoms with Crippen molar-refractivity contribution in [1.82, 2.24) is 14.9 Å². The van der Waals surface area contributed by atoms with Crippen LogP contribution < -0.4 is 4.74 Å². The van der Waals surface area contributed by atoms with Crippen molar-refractivity contribution in [2.24, 2.45) is 0 Å². The highest BCUT2D eigenvalue weighted by Gasteiger charge is 2.36. The van der Waals surface area contributed by atoms with E-state index >= 15 is 0 Å². The van der Waals surface area contributed by atoms with Gasteiger partial charge in [0.05, 0.1) is 12.2 Å². The van der Waals surface area contributed by atoms with Crippen LogP contribution in [0.1, 0.15) is 43.4 Å². The van der Waals surface area contributed by atoms with Crippen LogP contribution in [0, 0.1) is 5.82 Å². The summed E-state index contributed by atoms with van der Waals surface area (Å²) in [4.78, 5) is 22.4. The first kappa shape index (κ1) is 23.7. The summed E-state index contributed by atoms with van der Waals surface area (Å²) in [5.74, 6) is -1.55. The van der Waals surface area contributed by atoms with Gasteiger partial charge in [0, 0.05) is 19.2 Å². The summed E-state index contributed by atoms with van der Waals surface area (Å²) < 4.78 is 69.6. The molecule has 7 nitrogen and oxygen atoms in total. The Kier molecular flexibility index (Phi) is 6.59. The van der Waals surface area contributed by atoms with Crippen LogP contribution in [0.25, 0.3) is 0 Å². The number of carbonyl (C=O) groups excluding carboxylic acids is 1. The van der Waals surface area contributed by atoms with Gasteiger partial charge in [0.25, 0.3) is 0 Å². The van der Waals surface area contributed by atoms with Gasteiger partial charge >= 0.3 is 12.3 Å². The van der Waals surface area contributed by atoms with Gasteiger partial charge in [-0.3, -0.25) is 0 Å². The quantitative estimate of drug-likeness (QED) is 0.610. The third kappa shape index (κ3) is 5.64. The van der Waals surface area contributed by atoms with Crippen LogP contribution in [0.2, 0.25) is 0 Å². The summed E-state index contributed by atoms with van der Waals surface area (Å²) in [6.45, 7) is 5.51. The van der Waals surface area contributed by atoms with Gasteiger partial charge < -0.3 is 19.1 Å². The zero-order chi connectivity index (χ0) is 23.7. The highest BCUT2D eigenvalue weighted by molar-refractivity contribution is 5.68. The van der Waals surface area contributed by atoms with Gasteiger partial charge in [-0.2, -0.15) is 18.2 Å². The molecule has 0 spiro atoms. The number of carbonyl (C=O) groups is 1. The molecule has 1 aliphatic rings. The zero-order valence-electron chi connectivity index (χ0n) is 18.0. The number of methoxy groups -OCH3 is 1. The molecule has 11 heteroatoms. The second kappa shape index (κ2) is 8.89. The second-order valence-electron chi connectivity index (χ2n) is 8.20. The molecule has 0 saturated heterocycles. The van der Waals surface area contributed by atoms with E-state index in [9.17, 15) is 22.4 Å². The number of rotatable bonds is 4. The molecule has 32 heavy (non-hydrogen) atoms. The Balaban J connectivity index is 1.97. The molecule has 174 valence electrons. The van der Waals surface area contributed by atoms with E-state index in [1.165, 1.54) is 12.0 Å². The molecule has 3 rings (SSSR count). The van der Waals surface area contributed by atoms with Gasteiger partial charge in [0.1, 0.15) is 29.3 Å². The molecule has 1 aromatic carbocycles. The van der Waals surface area contributed by atoms with Gasteiger partial charge in [-0.25, -0.2) is 14.2 Å². The summed E-state index contributed by atoms with van der Waals surface area (Å²) >= 11 is 0. The molecule has 0 saturated carbocycles. The van der Waals surface area contributed by atoms with E-state index in [0.717, 1.165) is 12.1 Å². The Morgan fingerprint density at radius 1 is 1.19 bits per heavy atom. The third-order valence-corrected chi connectivity index (χ3v) is 4.45. The maximum atomic E-state index is 13.4. The normalized spacial score (nSPS) is 14.2. The van der Waals surface area contributed by atoms with Crippen LogP contribution in [-0.2, 0) is 35.2 Å². The van der Waals surface area contributed by atoms with Crippen molar-refractivity contribution in [3.63, 3.8) is 0 Å². The first-order valence-electron chi connectivity index (χ1n) is 9.77. The van der Waals surface area contributed by atoms with Gasteiger partial charge in [-0.1, -0.05) is 0 Å². The lowest BCUT2D eigenvalue weighted by molar-refractivity contribution is -0.138. The molecule has 2 heterocycles. The van der Waals surface area contributed by atoms with Crippen LogP contribution in [0.5, 0.6) is 11.6 Å². The highest BCUT2D eigenvalue weighted by Crippen LogP contribution is 2.39. The number of benzene rings is 1. The Morgan fingerprint density at radius 3 is 2.53 bits per heavy atom. The Morgan fingerprint density at radius 2 is 1.91 bits per heavy atom. The van der Waals surface area contributed by atoms with Crippen LogP contribution in [-0.4, -0.2) is 40.2 Å². The third-order valence-electron chi connectivity index (χ3n) is 4.45. The molecular formula is C21H23F4N3O4. The molecule has 0 unspecified atom stereocenters. The number of hydrogen-bond donors (Lipinski definition) is 0. The zero-order valence-corrected chi connectivity index (χ0v) is 18.0. The summed E-state index contributed by atoms with van der Waals surface area (Å²) in [5, 5.41) is 0. The van der Waals surface area contributed by atoms with Crippen molar-refractivity contribution >= 4 is 6.09 Å². The van der Waals surface area contributed by atoms with Crippen molar-refractivity contribution < 1.29 is 36.6 Å². The molecule has 0 fully saturated rings. The number of hydrogen-bond acceptors (Lipinski definition) is 6. The first-order chi connectivity index (χ1) is 14.9. The average Bonchev–Trinajstić information content (AvgIpc) is 2.67. The number of nitrogens with zero attached hydrogens (tertiary/aromatic N) is 3. The van der Waals surface area contributed by atoms with Crippen molar-refractivity contribution in [1.29, 1.82) is 0 Å². The van der Waals surface area contributed by atoms with Gasteiger partial charge in [-0.05, 0) is 45.4 Å². The van der Waals surface area contributed by atoms with E-state index in [0.29, 0.717) is 17.3 Å². The fraction of sp³-hybridized carbons (Fsp3) is 0.476. The predicted octanol–water partition coefficient (Wildman–Crippen LogP) is 4.87. The van der Waals surface area contributed by atoms with Crippen molar-refractivity contribution in [2.75, 3.05) is 13.7 Å². The summed E-state index contributed by atoms with van der Waals surface area (Å²) in [6.07, 6.45) is -5.12. The second-order valence-corrected chi connectivity index (χ2v) is 8.20. The minimum absolute atomic E-state index is 0.0222. The smallest absolute Gasteiger partial charge is 0.420 e. The monoisotopic (exact) mass is 457 g/mol. The van der Waals surface area contributed by atoms with E-state index in [1.54, 1.807) is 20.8 Å². The molecular weight excluding hydrogens is 434 g/mol. The van der Waals surface area contributed by atoms with E-state index < -0.39 is 35.0 Å². The molecule has 0 atom stereocenters. The molecule has 0 bridgehead atoms. The maximum absolute atomic E-state index is 13.4. The van der Waals surface area contributed by atoms with Crippen molar-refractivity contribution in [3.05, 3.63) is 46.7 Å². The van der Waals surface area contributed by atoms with Gasteiger partial charge in [0.15, 0.2) is 5.82 Å². The first-order valence-corrected chi connectivity index (χ1v) is 9.77. The number of ether oxygens (including phenoxy) is 3. The van der Waals surface area contributed by atoms with Gasteiger partial charge in [-0.15, -0.1) is 0 Å². The number of halogens is 4. The topological polar surface area (TPSA) is 73.8 Å². The molecule has 0 aliphatic carbocycles. The molecule has 0 radical (unpaired) electrons. The predicted molar refractivity (Wildman–Crippen MR) is 105 cm³/mol. The lowest BCUT2D eigenvalue weighted by Gasteiger charge is -2.31. The average molecular weight is 457 g/mol. The van der Waals surface area contributed by atoms with E-state index in [4.69, 9.17) is 14.2 Å². The Bertz CT molecular complexity index is 1010. The molecule has 1 amide bonds. The van der Waals surface area contributed by atoms with Crippen LogP contribution in [0.15, 0.2) is 18.2 Å². The largest absolute Gasteiger partial charge is 0.444 e. The summed E-state index contributed by atoms with van der Waals surface area (Å²) in [7, 11) is 1.41. The maximum Gasteiger partial charge on any atom is 0.420 e. The summed E-state index contributed by atoms with van der Waals surface area (Å²) in [5.41, 5.74) is -1.07.